The molecule has 0 saturated carbocycles. The summed E-state index contributed by atoms with van der Waals surface area (Å²) in [7, 11) is 0. The van der Waals surface area contributed by atoms with E-state index in [4.69, 9.17) is 5.73 Å². The monoisotopic (exact) mass is 217 g/mol. The highest BCUT2D eigenvalue weighted by molar-refractivity contribution is 5.44. The van der Waals surface area contributed by atoms with Crippen molar-refractivity contribution in [1.82, 2.24) is 20.2 Å². The molecule has 1 aromatic carbocycles. The van der Waals surface area contributed by atoms with E-state index < -0.39 is 0 Å². The van der Waals surface area contributed by atoms with Crippen molar-refractivity contribution in [3.63, 3.8) is 0 Å². The van der Waals surface area contributed by atoms with E-state index >= 15 is 0 Å². The largest absolute Gasteiger partial charge is 0.321 e. The Bertz CT molecular complexity index is 501. The lowest BCUT2D eigenvalue weighted by molar-refractivity contribution is 0.686. The molecule has 1 atom stereocenters. The van der Waals surface area contributed by atoms with E-state index in [0.29, 0.717) is 5.82 Å². The van der Waals surface area contributed by atoms with Crippen LogP contribution in [0.4, 0.5) is 0 Å². The molecule has 84 valence electrons. The average molecular weight is 217 g/mol. The molecule has 1 aromatic heterocycles. The molecule has 2 N–H and O–H groups in total. The summed E-state index contributed by atoms with van der Waals surface area (Å²) in [6, 6.07) is 5.86. The maximum absolute atomic E-state index is 5.82. The molecule has 0 aliphatic heterocycles. The Kier molecular flexibility index (Phi) is 2.70. The Morgan fingerprint density at radius 1 is 1.31 bits per heavy atom. The first-order chi connectivity index (χ1) is 7.61. The molecule has 0 bridgehead atoms. The standard InChI is InChI=1S/C11H15N5/c1-7-5-4-6-10(8(7)2)16-11(9(3)12)13-14-15-16/h4-6,9H,12H2,1-3H3. The van der Waals surface area contributed by atoms with Gasteiger partial charge in [-0.1, -0.05) is 12.1 Å². The molecule has 16 heavy (non-hydrogen) atoms. The quantitative estimate of drug-likeness (QED) is 0.823. The van der Waals surface area contributed by atoms with Gasteiger partial charge in [0.05, 0.1) is 11.7 Å². The fourth-order valence-electron chi connectivity index (χ4n) is 1.61. The summed E-state index contributed by atoms with van der Waals surface area (Å²) in [5.41, 5.74) is 9.18. The molecular weight excluding hydrogens is 202 g/mol. The second kappa shape index (κ2) is 4.02. The third-order valence-electron chi connectivity index (χ3n) is 2.71. The van der Waals surface area contributed by atoms with Gasteiger partial charge in [-0.15, -0.1) is 5.10 Å². The Hall–Kier alpha value is -1.75. The van der Waals surface area contributed by atoms with Crippen LogP contribution in [0, 0.1) is 13.8 Å². The van der Waals surface area contributed by atoms with E-state index in [-0.39, 0.29) is 6.04 Å². The van der Waals surface area contributed by atoms with Gasteiger partial charge in [0, 0.05) is 0 Å². The SMILES string of the molecule is Cc1cccc(-n2nnnc2C(C)N)c1C. The third-order valence-corrected chi connectivity index (χ3v) is 2.71. The zero-order chi connectivity index (χ0) is 11.7. The van der Waals surface area contributed by atoms with Gasteiger partial charge >= 0.3 is 0 Å². The first-order valence-corrected chi connectivity index (χ1v) is 5.21. The number of aryl methyl sites for hydroxylation is 1. The van der Waals surface area contributed by atoms with Gasteiger partial charge in [-0.25, -0.2) is 0 Å². The number of nitrogens with two attached hydrogens (primary N) is 1. The number of tetrazole rings is 1. The molecule has 0 aliphatic carbocycles. The van der Waals surface area contributed by atoms with E-state index in [0.717, 1.165) is 11.3 Å². The Balaban J connectivity index is 2.59. The zero-order valence-electron chi connectivity index (χ0n) is 9.68. The highest BCUT2D eigenvalue weighted by atomic mass is 15.5. The van der Waals surface area contributed by atoms with Crippen molar-refractivity contribution < 1.29 is 0 Å². The minimum absolute atomic E-state index is 0.185. The van der Waals surface area contributed by atoms with E-state index in [9.17, 15) is 0 Å². The van der Waals surface area contributed by atoms with Crippen LogP contribution in [0.3, 0.4) is 0 Å². The normalized spacial score (nSPS) is 12.8. The zero-order valence-corrected chi connectivity index (χ0v) is 9.68. The lowest BCUT2D eigenvalue weighted by atomic mass is 10.1. The molecule has 2 aromatic rings. The first-order valence-electron chi connectivity index (χ1n) is 5.21. The van der Waals surface area contributed by atoms with Gasteiger partial charge in [0.15, 0.2) is 5.82 Å². The summed E-state index contributed by atoms with van der Waals surface area (Å²) < 4.78 is 1.70. The lowest BCUT2D eigenvalue weighted by Crippen LogP contribution is -2.14. The highest BCUT2D eigenvalue weighted by Gasteiger charge is 2.13. The van der Waals surface area contributed by atoms with Gasteiger partial charge in [0.2, 0.25) is 0 Å². The molecule has 0 amide bonds. The molecule has 0 spiro atoms. The van der Waals surface area contributed by atoms with Crippen LogP contribution >= 0.6 is 0 Å². The topological polar surface area (TPSA) is 69.6 Å². The third kappa shape index (κ3) is 1.69. The van der Waals surface area contributed by atoms with Crippen molar-refractivity contribution in [2.24, 2.45) is 5.73 Å². The molecule has 1 unspecified atom stereocenters. The molecular formula is C11H15N5. The minimum atomic E-state index is -0.185. The van der Waals surface area contributed by atoms with Crippen molar-refractivity contribution in [2.75, 3.05) is 0 Å². The maximum Gasteiger partial charge on any atom is 0.173 e. The molecule has 0 radical (unpaired) electrons. The van der Waals surface area contributed by atoms with E-state index in [1.54, 1.807) is 4.68 Å². The van der Waals surface area contributed by atoms with Gasteiger partial charge in [0.25, 0.3) is 0 Å². The van der Waals surface area contributed by atoms with Crippen molar-refractivity contribution in [2.45, 2.75) is 26.8 Å². The van der Waals surface area contributed by atoms with Gasteiger partial charge < -0.3 is 5.73 Å². The summed E-state index contributed by atoms with van der Waals surface area (Å²) >= 11 is 0. The van der Waals surface area contributed by atoms with Crippen molar-refractivity contribution in [3.8, 4) is 5.69 Å². The summed E-state index contributed by atoms with van der Waals surface area (Å²) in [6.07, 6.45) is 0. The van der Waals surface area contributed by atoms with Crippen LogP contribution in [0.2, 0.25) is 0 Å². The van der Waals surface area contributed by atoms with Gasteiger partial charge in [-0.3, -0.25) is 0 Å². The first kappa shape index (κ1) is 10.8. The number of rotatable bonds is 2. The van der Waals surface area contributed by atoms with Gasteiger partial charge in [-0.2, -0.15) is 4.68 Å². The molecule has 2 rings (SSSR count). The Labute approximate surface area is 94.3 Å². The van der Waals surface area contributed by atoms with Crippen molar-refractivity contribution in [3.05, 3.63) is 35.2 Å². The van der Waals surface area contributed by atoms with Crippen molar-refractivity contribution in [1.29, 1.82) is 0 Å². The molecule has 0 aliphatic rings. The van der Waals surface area contributed by atoms with Crippen LogP contribution in [0.15, 0.2) is 18.2 Å². The summed E-state index contributed by atoms with van der Waals surface area (Å²) in [5.74, 6) is 0.675. The molecule has 5 heteroatoms. The second-order valence-corrected chi connectivity index (χ2v) is 3.96. The fraction of sp³-hybridized carbons (Fsp3) is 0.364. The predicted molar refractivity (Wildman–Crippen MR) is 61.2 cm³/mol. The molecule has 0 fully saturated rings. The molecule has 0 saturated heterocycles. The van der Waals surface area contributed by atoms with Crippen LogP contribution in [0.25, 0.3) is 5.69 Å². The van der Waals surface area contributed by atoms with Crippen LogP contribution in [-0.4, -0.2) is 20.2 Å². The summed E-state index contributed by atoms with van der Waals surface area (Å²) in [4.78, 5) is 0. The summed E-state index contributed by atoms with van der Waals surface area (Å²) in [5, 5.41) is 11.6. The minimum Gasteiger partial charge on any atom is -0.321 e. The fourth-order valence-corrected chi connectivity index (χ4v) is 1.61. The lowest BCUT2D eigenvalue weighted by Gasteiger charge is -2.11. The van der Waals surface area contributed by atoms with Crippen LogP contribution < -0.4 is 5.73 Å². The number of nitrogens with zero attached hydrogens (tertiary/aromatic N) is 4. The number of aromatic nitrogens is 4. The van der Waals surface area contributed by atoms with E-state index in [2.05, 4.69) is 35.4 Å². The van der Waals surface area contributed by atoms with E-state index in [1.165, 1.54) is 5.56 Å². The molecule has 5 nitrogen and oxygen atoms in total. The number of hydrogen-bond acceptors (Lipinski definition) is 4. The van der Waals surface area contributed by atoms with Gasteiger partial charge in [0.1, 0.15) is 0 Å². The summed E-state index contributed by atoms with van der Waals surface area (Å²) in [6.45, 7) is 5.99. The van der Waals surface area contributed by atoms with Crippen LogP contribution in [-0.2, 0) is 0 Å². The maximum atomic E-state index is 5.82. The average Bonchev–Trinajstić information content (AvgIpc) is 2.70. The molecule has 1 heterocycles. The Morgan fingerprint density at radius 3 is 2.75 bits per heavy atom. The number of benzene rings is 1. The predicted octanol–water partition coefficient (Wildman–Crippen LogP) is 1.30. The van der Waals surface area contributed by atoms with Crippen molar-refractivity contribution >= 4 is 0 Å². The van der Waals surface area contributed by atoms with Crippen LogP contribution in [0.1, 0.15) is 29.9 Å². The van der Waals surface area contributed by atoms with Crippen LogP contribution in [0.5, 0.6) is 0 Å². The Morgan fingerprint density at radius 2 is 2.06 bits per heavy atom. The highest BCUT2D eigenvalue weighted by Crippen LogP contribution is 2.18. The smallest absolute Gasteiger partial charge is 0.173 e. The second-order valence-electron chi connectivity index (χ2n) is 3.96. The van der Waals surface area contributed by atoms with Gasteiger partial charge in [-0.05, 0) is 48.4 Å². The number of hydrogen-bond donors (Lipinski definition) is 1. The van der Waals surface area contributed by atoms with E-state index in [1.807, 2.05) is 19.1 Å².